The normalized spacial score (nSPS) is 23.9. The standard InChI is InChI=1S/C16H30N4/c1-16(2,3)15-7-5-14(6-8-15)13-17-9-4-11-20-12-10-18-19-20/h10,12,14-15,17H,4-9,11,13H2,1-3H3. The van der Waals surface area contributed by atoms with E-state index in [2.05, 4.69) is 36.4 Å². The third kappa shape index (κ3) is 4.89. The molecule has 1 aliphatic rings. The minimum atomic E-state index is 0.496. The van der Waals surface area contributed by atoms with E-state index < -0.39 is 0 Å². The molecule has 0 unspecified atom stereocenters. The fraction of sp³-hybridized carbons (Fsp3) is 0.875. The van der Waals surface area contributed by atoms with Crippen LogP contribution in [0.3, 0.4) is 0 Å². The summed E-state index contributed by atoms with van der Waals surface area (Å²) in [6.45, 7) is 10.4. The number of hydrogen-bond donors (Lipinski definition) is 1. The summed E-state index contributed by atoms with van der Waals surface area (Å²) >= 11 is 0. The number of rotatable bonds is 6. The van der Waals surface area contributed by atoms with Crippen molar-refractivity contribution in [3.05, 3.63) is 12.4 Å². The molecule has 4 nitrogen and oxygen atoms in total. The summed E-state index contributed by atoms with van der Waals surface area (Å²) in [4.78, 5) is 0. The molecule has 1 fully saturated rings. The fourth-order valence-corrected chi connectivity index (χ4v) is 3.26. The van der Waals surface area contributed by atoms with Crippen molar-refractivity contribution in [2.75, 3.05) is 13.1 Å². The Hall–Kier alpha value is -0.900. The molecule has 0 spiro atoms. The van der Waals surface area contributed by atoms with Crippen molar-refractivity contribution in [3.63, 3.8) is 0 Å². The maximum Gasteiger partial charge on any atom is 0.0692 e. The van der Waals surface area contributed by atoms with Crippen molar-refractivity contribution in [3.8, 4) is 0 Å². The Morgan fingerprint density at radius 2 is 1.95 bits per heavy atom. The molecule has 0 atom stereocenters. The van der Waals surface area contributed by atoms with Crippen LogP contribution in [-0.2, 0) is 6.54 Å². The quantitative estimate of drug-likeness (QED) is 0.813. The molecule has 20 heavy (non-hydrogen) atoms. The van der Waals surface area contributed by atoms with Gasteiger partial charge in [-0.2, -0.15) is 0 Å². The Bertz CT molecular complexity index is 358. The lowest BCUT2D eigenvalue weighted by Crippen LogP contribution is -2.31. The molecule has 0 saturated heterocycles. The van der Waals surface area contributed by atoms with Gasteiger partial charge >= 0.3 is 0 Å². The van der Waals surface area contributed by atoms with Crippen molar-refractivity contribution < 1.29 is 0 Å². The van der Waals surface area contributed by atoms with E-state index in [-0.39, 0.29) is 0 Å². The average Bonchev–Trinajstić information content (AvgIpc) is 2.91. The Morgan fingerprint density at radius 1 is 1.20 bits per heavy atom. The zero-order valence-electron chi connectivity index (χ0n) is 13.3. The Kier molecular flexibility index (Phi) is 5.58. The average molecular weight is 278 g/mol. The molecule has 1 aromatic rings. The number of hydrogen-bond acceptors (Lipinski definition) is 3. The Balaban J connectivity index is 1.53. The first-order chi connectivity index (χ1) is 9.55. The largest absolute Gasteiger partial charge is 0.316 e. The summed E-state index contributed by atoms with van der Waals surface area (Å²) in [6.07, 6.45) is 10.4. The Labute approximate surface area is 123 Å². The first-order valence-corrected chi connectivity index (χ1v) is 8.10. The van der Waals surface area contributed by atoms with Crippen LogP contribution in [0.25, 0.3) is 0 Å². The Morgan fingerprint density at radius 3 is 2.55 bits per heavy atom. The molecular formula is C16H30N4. The summed E-state index contributed by atoms with van der Waals surface area (Å²) in [7, 11) is 0. The van der Waals surface area contributed by atoms with E-state index in [1.165, 1.54) is 32.2 Å². The van der Waals surface area contributed by atoms with Crippen LogP contribution in [0.4, 0.5) is 0 Å². The second kappa shape index (κ2) is 7.21. The third-order valence-corrected chi connectivity index (χ3v) is 4.72. The molecule has 0 aromatic carbocycles. The van der Waals surface area contributed by atoms with Crippen molar-refractivity contribution in [2.45, 2.75) is 59.4 Å². The summed E-state index contributed by atoms with van der Waals surface area (Å²) in [5.74, 6) is 1.81. The monoisotopic (exact) mass is 278 g/mol. The maximum absolute atomic E-state index is 3.97. The van der Waals surface area contributed by atoms with Gasteiger partial charge in [0.15, 0.2) is 0 Å². The third-order valence-electron chi connectivity index (χ3n) is 4.72. The molecule has 0 radical (unpaired) electrons. The molecule has 114 valence electrons. The van der Waals surface area contributed by atoms with Crippen LogP contribution in [0.2, 0.25) is 0 Å². The van der Waals surface area contributed by atoms with Gasteiger partial charge in [-0.15, -0.1) is 5.10 Å². The van der Waals surface area contributed by atoms with E-state index in [0.717, 1.165) is 31.3 Å². The molecule has 0 aliphatic heterocycles. The number of nitrogens with zero attached hydrogens (tertiary/aromatic N) is 3. The summed E-state index contributed by atoms with van der Waals surface area (Å²) in [5.41, 5.74) is 0.496. The molecule has 1 aromatic heterocycles. The molecule has 0 amide bonds. The highest BCUT2D eigenvalue weighted by Gasteiger charge is 2.29. The van der Waals surface area contributed by atoms with Crippen LogP contribution in [0.5, 0.6) is 0 Å². The van der Waals surface area contributed by atoms with E-state index in [0.29, 0.717) is 5.41 Å². The van der Waals surface area contributed by atoms with Crippen LogP contribution in [-0.4, -0.2) is 28.1 Å². The topological polar surface area (TPSA) is 42.7 Å². The summed E-state index contributed by atoms with van der Waals surface area (Å²) in [6, 6.07) is 0. The van der Waals surface area contributed by atoms with Crippen LogP contribution in [0.1, 0.15) is 52.9 Å². The van der Waals surface area contributed by atoms with E-state index in [4.69, 9.17) is 0 Å². The summed E-state index contributed by atoms with van der Waals surface area (Å²) < 4.78 is 1.90. The predicted octanol–water partition coefficient (Wildman–Crippen LogP) is 3.11. The molecule has 1 aliphatic carbocycles. The van der Waals surface area contributed by atoms with Gasteiger partial charge in [-0.3, -0.25) is 4.68 Å². The molecule has 1 saturated carbocycles. The second-order valence-electron chi connectivity index (χ2n) is 7.31. The van der Waals surface area contributed by atoms with Crippen molar-refractivity contribution in [1.82, 2.24) is 20.3 Å². The number of aromatic nitrogens is 3. The van der Waals surface area contributed by atoms with Crippen LogP contribution >= 0.6 is 0 Å². The number of nitrogens with one attached hydrogen (secondary N) is 1. The number of aryl methyl sites for hydroxylation is 1. The van der Waals surface area contributed by atoms with Gasteiger partial charge in [-0.1, -0.05) is 26.0 Å². The zero-order valence-corrected chi connectivity index (χ0v) is 13.3. The lowest BCUT2D eigenvalue weighted by atomic mass is 9.70. The van der Waals surface area contributed by atoms with Crippen LogP contribution in [0.15, 0.2) is 12.4 Å². The lowest BCUT2D eigenvalue weighted by molar-refractivity contribution is 0.149. The molecule has 1 N–H and O–H groups in total. The lowest BCUT2D eigenvalue weighted by Gasteiger charge is -2.37. The highest BCUT2D eigenvalue weighted by Crippen LogP contribution is 2.39. The predicted molar refractivity (Wildman–Crippen MR) is 82.4 cm³/mol. The minimum absolute atomic E-state index is 0.496. The van der Waals surface area contributed by atoms with Gasteiger partial charge in [0.05, 0.1) is 6.20 Å². The molecule has 2 rings (SSSR count). The first-order valence-electron chi connectivity index (χ1n) is 8.10. The van der Waals surface area contributed by atoms with Gasteiger partial charge in [0.2, 0.25) is 0 Å². The zero-order chi connectivity index (χ0) is 14.4. The van der Waals surface area contributed by atoms with Gasteiger partial charge in [0.25, 0.3) is 0 Å². The van der Waals surface area contributed by atoms with Crippen molar-refractivity contribution in [1.29, 1.82) is 0 Å². The van der Waals surface area contributed by atoms with Gasteiger partial charge in [0.1, 0.15) is 0 Å². The van der Waals surface area contributed by atoms with E-state index in [1.54, 1.807) is 6.20 Å². The molecular weight excluding hydrogens is 248 g/mol. The van der Waals surface area contributed by atoms with E-state index in [1.807, 2.05) is 10.9 Å². The maximum atomic E-state index is 3.97. The first kappa shape index (κ1) is 15.5. The van der Waals surface area contributed by atoms with Gasteiger partial charge in [-0.25, -0.2) is 0 Å². The van der Waals surface area contributed by atoms with E-state index in [9.17, 15) is 0 Å². The highest BCUT2D eigenvalue weighted by atomic mass is 15.4. The SMILES string of the molecule is CC(C)(C)C1CCC(CNCCCn2ccnn2)CC1. The smallest absolute Gasteiger partial charge is 0.0692 e. The second-order valence-corrected chi connectivity index (χ2v) is 7.31. The van der Waals surface area contributed by atoms with Crippen LogP contribution in [0, 0.1) is 17.3 Å². The summed E-state index contributed by atoms with van der Waals surface area (Å²) in [5, 5.41) is 11.4. The minimum Gasteiger partial charge on any atom is -0.316 e. The molecule has 0 bridgehead atoms. The van der Waals surface area contributed by atoms with Gasteiger partial charge < -0.3 is 5.32 Å². The molecule has 4 heteroatoms. The van der Waals surface area contributed by atoms with Crippen molar-refractivity contribution >= 4 is 0 Å². The molecule has 1 heterocycles. The van der Waals surface area contributed by atoms with Crippen molar-refractivity contribution in [2.24, 2.45) is 17.3 Å². The van der Waals surface area contributed by atoms with Crippen LogP contribution < -0.4 is 5.32 Å². The van der Waals surface area contributed by atoms with Gasteiger partial charge in [-0.05, 0) is 62.4 Å². The van der Waals surface area contributed by atoms with E-state index >= 15 is 0 Å². The van der Waals surface area contributed by atoms with Gasteiger partial charge in [0, 0.05) is 12.7 Å². The highest BCUT2D eigenvalue weighted by molar-refractivity contribution is 4.81. The fourth-order valence-electron chi connectivity index (χ4n) is 3.26.